The second kappa shape index (κ2) is 10.4. The van der Waals surface area contributed by atoms with Crippen molar-refractivity contribution in [2.45, 2.75) is 6.18 Å². The monoisotopic (exact) mass is 568 g/mol. The number of benzene rings is 3. The van der Waals surface area contributed by atoms with Crippen LogP contribution in [-0.2, 0) is 15.8 Å². The number of hydrogen-bond acceptors (Lipinski definition) is 5. The summed E-state index contributed by atoms with van der Waals surface area (Å²) in [5.41, 5.74) is -0.541. The second-order valence-corrected chi connectivity index (χ2v) is 9.06. The first-order valence-electron chi connectivity index (χ1n) is 11.3. The molecule has 1 saturated heterocycles. The van der Waals surface area contributed by atoms with Crippen molar-refractivity contribution in [3.8, 4) is 22.8 Å². The summed E-state index contributed by atoms with van der Waals surface area (Å²) in [6, 6.07) is 21.5. The smallest absolute Gasteiger partial charge is 0.416 e. The molecule has 0 aliphatic carbocycles. The molecular formula is C28H16ClF3N2O4S. The number of ether oxygens (including phenoxy) is 1. The highest BCUT2D eigenvalue weighted by Gasteiger charge is 2.35. The number of hydrogen-bond donors (Lipinski definition) is 1. The van der Waals surface area contributed by atoms with Gasteiger partial charge in [-0.2, -0.15) is 13.2 Å². The van der Waals surface area contributed by atoms with Crippen molar-refractivity contribution < 1.29 is 31.9 Å². The van der Waals surface area contributed by atoms with Crippen molar-refractivity contribution in [2.75, 3.05) is 4.90 Å². The van der Waals surface area contributed by atoms with Crippen LogP contribution >= 0.6 is 23.8 Å². The van der Waals surface area contributed by atoms with Crippen LogP contribution in [0.15, 0.2) is 94.9 Å². The summed E-state index contributed by atoms with van der Waals surface area (Å²) >= 11 is 11.3. The first kappa shape index (κ1) is 26.2. The van der Waals surface area contributed by atoms with Crippen molar-refractivity contribution in [1.29, 1.82) is 0 Å². The topological polar surface area (TPSA) is 71.8 Å². The third-order valence-corrected chi connectivity index (χ3v) is 6.25. The SMILES string of the molecule is O=C1NC(=S)N(c2ccc(Oc3ccccc3)cc2)C(=O)C1=Cc1ccc(-c2ccc(C(F)(F)F)cc2Cl)o1. The molecule has 1 N–H and O–H groups in total. The van der Waals surface area contributed by atoms with E-state index >= 15 is 0 Å². The maximum absolute atomic E-state index is 13.3. The first-order chi connectivity index (χ1) is 18.6. The Bertz CT molecular complexity index is 1620. The maximum Gasteiger partial charge on any atom is 0.416 e. The zero-order valence-corrected chi connectivity index (χ0v) is 21.2. The lowest BCUT2D eigenvalue weighted by Gasteiger charge is -2.28. The molecule has 0 bridgehead atoms. The van der Waals surface area contributed by atoms with Gasteiger partial charge in [0.25, 0.3) is 11.8 Å². The number of rotatable bonds is 5. The third-order valence-electron chi connectivity index (χ3n) is 5.65. The van der Waals surface area contributed by atoms with Gasteiger partial charge in [-0.25, -0.2) is 0 Å². The lowest BCUT2D eigenvalue weighted by molar-refractivity contribution is -0.137. The van der Waals surface area contributed by atoms with Crippen molar-refractivity contribution >= 4 is 52.5 Å². The van der Waals surface area contributed by atoms with Gasteiger partial charge in [0.05, 0.1) is 16.3 Å². The van der Waals surface area contributed by atoms with Crippen LogP contribution in [0.25, 0.3) is 17.4 Å². The molecule has 1 fully saturated rings. The number of anilines is 1. The molecule has 11 heteroatoms. The molecule has 0 atom stereocenters. The van der Waals surface area contributed by atoms with Gasteiger partial charge in [0.1, 0.15) is 28.6 Å². The summed E-state index contributed by atoms with van der Waals surface area (Å²) in [6.07, 6.45) is -3.32. The summed E-state index contributed by atoms with van der Waals surface area (Å²) < 4.78 is 50.3. The maximum atomic E-state index is 13.3. The van der Waals surface area contributed by atoms with Crippen LogP contribution in [0.1, 0.15) is 11.3 Å². The van der Waals surface area contributed by atoms with E-state index in [2.05, 4.69) is 5.32 Å². The number of nitrogens with zero attached hydrogens (tertiary/aromatic N) is 1. The van der Waals surface area contributed by atoms with E-state index in [-0.39, 0.29) is 32.8 Å². The van der Waals surface area contributed by atoms with E-state index < -0.39 is 23.6 Å². The number of halogens is 4. The number of alkyl halides is 3. The summed E-state index contributed by atoms with van der Waals surface area (Å²) in [4.78, 5) is 27.1. The van der Waals surface area contributed by atoms with Gasteiger partial charge >= 0.3 is 6.18 Å². The van der Waals surface area contributed by atoms with E-state index in [4.69, 9.17) is 33.0 Å². The van der Waals surface area contributed by atoms with Gasteiger partial charge in [-0.1, -0.05) is 29.8 Å². The highest BCUT2D eigenvalue weighted by molar-refractivity contribution is 7.80. The molecule has 1 aliphatic rings. The number of carbonyl (C=O) groups is 2. The molecule has 2 heterocycles. The van der Waals surface area contributed by atoms with Gasteiger partial charge < -0.3 is 9.15 Å². The highest BCUT2D eigenvalue weighted by Crippen LogP contribution is 2.36. The standard InChI is InChI=1S/C28H16ClF3N2O4S/c29-23-14-16(28(30,31)32)6-12-21(23)24-13-11-20(38-24)15-22-25(35)33-27(39)34(26(22)36)17-7-9-19(10-8-17)37-18-4-2-1-3-5-18/h1-15H,(H,33,35,39). The quantitative estimate of drug-likeness (QED) is 0.156. The second-order valence-electron chi connectivity index (χ2n) is 8.26. The fraction of sp³-hybridized carbons (Fsp3) is 0.0357. The van der Waals surface area contributed by atoms with Gasteiger partial charge in [-0.3, -0.25) is 19.8 Å². The normalized spacial score (nSPS) is 15.0. The number of amides is 2. The molecular weight excluding hydrogens is 553 g/mol. The average Bonchev–Trinajstić information content (AvgIpc) is 3.36. The fourth-order valence-electron chi connectivity index (χ4n) is 3.79. The molecule has 5 rings (SSSR count). The summed E-state index contributed by atoms with van der Waals surface area (Å²) in [5, 5.41) is 2.21. The van der Waals surface area contributed by atoms with E-state index in [0.717, 1.165) is 17.0 Å². The summed E-state index contributed by atoms with van der Waals surface area (Å²) in [5.74, 6) is 0.0270. The molecule has 0 saturated carbocycles. The molecule has 0 spiro atoms. The number of nitrogens with one attached hydrogen (secondary N) is 1. The third kappa shape index (κ3) is 5.57. The molecule has 1 aromatic heterocycles. The van der Waals surface area contributed by atoms with E-state index in [9.17, 15) is 22.8 Å². The number of furan rings is 1. The van der Waals surface area contributed by atoms with Gasteiger partial charge in [-0.15, -0.1) is 0 Å². The van der Waals surface area contributed by atoms with Gasteiger partial charge in [0.2, 0.25) is 0 Å². The molecule has 4 aromatic rings. The fourth-order valence-corrected chi connectivity index (χ4v) is 4.34. The van der Waals surface area contributed by atoms with Crippen LogP contribution in [0.5, 0.6) is 11.5 Å². The van der Waals surface area contributed by atoms with Crippen LogP contribution in [0, 0.1) is 0 Å². The zero-order chi connectivity index (χ0) is 27.7. The number of thiocarbonyl (C=S) groups is 1. The van der Waals surface area contributed by atoms with Crippen LogP contribution < -0.4 is 15.0 Å². The molecule has 196 valence electrons. The van der Waals surface area contributed by atoms with Crippen molar-refractivity contribution in [1.82, 2.24) is 5.32 Å². The number of carbonyl (C=O) groups excluding carboxylic acids is 2. The average molecular weight is 569 g/mol. The van der Waals surface area contributed by atoms with E-state index in [1.54, 1.807) is 36.4 Å². The van der Waals surface area contributed by atoms with E-state index in [1.165, 1.54) is 24.3 Å². The Labute approximate surface area is 230 Å². The van der Waals surface area contributed by atoms with Crippen molar-refractivity contribution in [3.63, 3.8) is 0 Å². The molecule has 0 radical (unpaired) electrons. The summed E-state index contributed by atoms with van der Waals surface area (Å²) in [7, 11) is 0. The minimum atomic E-state index is -4.54. The Kier molecular flexibility index (Phi) is 6.98. The largest absolute Gasteiger partial charge is 0.457 e. The van der Waals surface area contributed by atoms with Crippen molar-refractivity contribution in [2.24, 2.45) is 0 Å². The van der Waals surface area contributed by atoms with Gasteiger partial charge in [0, 0.05) is 5.56 Å². The highest BCUT2D eigenvalue weighted by atomic mass is 35.5. The molecule has 6 nitrogen and oxygen atoms in total. The molecule has 2 amide bonds. The molecule has 39 heavy (non-hydrogen) atoms. The van der Waals surface area contributed by atoms with Crippen LogP contribution in [-0.4, -0.2) is 16.9 Å². The predicted molar refractivity (Wildman–Crippen MR) is 143 cm³/mol. The van der Waals surface area contributed by atoms with E-state index in [0.29, 0.717) is 17.2 Å². The zero-order valence-electron chi connectivity index (χ0n) is 19.7. The molecule has 0 unspecified atom stereocenters. The number of para-hydroxylation sites is 1. The molecule has 3 aromatic carbocycles. The van der Waals surface area contributed by atoms with E-state index in [1.807, 2.05) is 18.2 Å². The van der Waals surface area contributed by atoms with Crippen molar-refractivity contribution in [3.05, 3.63) is 107 Å². The Morgan fingerprint density at radius 1 is 0.923 bits per heavy atom. The predicted octanol–water partition coefficient (Wildman–Crippen LogP) is 7.24. The van der Waals surface area contributed by atoms with Gasteiger partial charge in [-0.05, 0) is 85.0 Å². The van der Waals surface area contributed by atoms with Crippen LogP contribution in [0.3, 0.4) is 0 Å². The Hall–Kier alpha value is -4.41. The Balaban J connectivity index is 1.38. The summed E-state index contributed by atoms with van der Waals surface area (Å²) in [6.45, 7) is 0. The van der Waals surface area contributed by atoms with Crippen LogP contribution in [0.2, 0.25) is 5.02 Å². The Morgan fingerprint density at radius 3 is 2.28 bits per heavy atom. The lowest BCUT2D eigenvalue weighted by atomic mass is 10.1. The lowest BCUT2D eigenvalue weighted by Crippen LogP contribution is -2.54. The minimum absolute atomic E-state index is 0.101. The van der Waals surface area contributed by atoms with Gasteiger partial charge in [0.15, 0.2) is 5.11 Å². The first-order valence-corrected chi connectivity index (χ1v) is 12.1. The Morgan fingerprint density at radius 2 is 1.62 bits per heavy atom. The molecule has 1 aliphatic heterocycles. The minimum Gasteiger partial charge on any atom is -0.457 e. The van der Waals surface area contributed by atoms with Crippen LogP contribution in [0.4, 0.5) is 18.9 Å².